The molecule has 1 aliphatic rings. The first-order valence-electron chi connectivity index (χ1n) is 7.57. The second kappa shape index (κ2) is 6.60. The average molecular weight is 363 g/mol. The lowest BCUT2D eigenvalue weighted by atomic mass is 10.0. The van der Waals surface area contributed by atoms with Crippen molar-refractivity contribution in [1.82, 2.24) is 14.8 Å². The van der Waals surface area contributed by atoms with Gasteiger partial charge in [-0.15, -0.1) is 10.2 Å². The van der Waals surface area contributed by atoms with Crippen molar-refractivity contribution < 1.29 is 4.79 Å². The zero-order valence-electron chi connectivity index (χ0n) is 12.3. The van der Waals surface area contributed by atoms with Crippen molar-refractivity contribution in [2.45, 2.75) is 38.1 Å². The highest BCUT2D eigenvalue weighted by molar-refractivity contribution is 9.10. The van der Waals surface area contributed by atoms with Gasteiger partial charge in [0.05, 0.1) is 0 Å². The second-order valence-corrected chi connectivity index (χ2v) is 6.82. The highest BCUT2D eigenvalue weighted by atomic mass is 79.9. The molecule has 0 radical (unpaired) electrons. The van der Waals surface area contributed by atoms with Crippen LogP contribution in [0.1, 0.15) is 38.1 Å². The summed E-state index contributed by atoms with van der Waals surface area (Å²) in [6.07, 6.45) is 6.50. The Kier molecular flexibility index (Phi) is 4.57. The molecule has 3 rings (SSSR count). The molecule has 1 aromatic carbocycles. The lowest BCUT2D eigenvalue weighted by Crippen LogP contribution is -2.12. The van der Waals surface area contributed by atoms with Crippen molar-refractivity contribution in [2.75, 3.05) is 0 Å². The van der Waals surface area contributed by atoms with Crippen molar-refractivity contribution in [3.05, 3.63) is 35.1 Å². The van der Waals surface area contributed by atoms with Crippen molar-refractivity contribution in [3.63, 3.8) is 0 Å². The zero-order valence-corrected chi connectivity index (χ0v) is 13.9. The molecular formula is C16H19BrN4O. The Balaban J connectivity index is 1.73. The molecule has 0 spiro atoms. The summed E-state index contributed by atoms with van der Waals surface area (Å²) in [5.74, 6) is 1.27. The number of halogens is 1. The number of benzene rings is 1. The molecule has 1 amide bonds. The molecule has 1 heterocycles. The summed E-state index contributed by atoms with van der Waals surface area (Å²) in [7, 11) is 0. The number of primary amides is 1. The van der Waals surface area contributed by atoms with Crippen LogP contribution in [0.4, 0.5) is 0 Å². The Morgan fingerprint density at radius 2 is 2.09 bits per heavy atom. The molecule has 0 saturated heterocycles. The van der Waals surface area contributed by atoms with Gasteiger partial charge in [0.2, 0.25) is 5.91 Å². The van der Waals surface area contributed by atoms with Crippen molar-refractivity contribution in [2.24, 2.45) is 11.7 Å². The number of carbonyl (C=O) groups excluding carboxylic acids is 1. The third-order valence-electron chi connectivity index (χ3n) is 4.38. The van der Waals surface area contributed by atoms with Crippen LogP contribution in [-0.2, 0) is 4.79 Å². The van der Waals surface area contributed by atoms with Gasteiger partial charge in [-0.3, -0.25) is 4.79 Å². The summed E-state index contributed by atoms with van der Waals surface area (Å²) in [5.41, 5.74) is 6.31. The fourth-order valence-corrected chi connectivity index (χ4v) is 3.49. The largest absolute Gasteiger partial charge is 0.370 e. The highest BCUT2D eigenvalue weighted by Crippen LogP contribution is 2.38. The Bertz CT molecular complexity index is 652. The molecule has 116 valence electrons. The Morgan fingerprint density at radius 1 is 1.32 bits per heavy atom. The molecular weight excluding hydrogens is 344 g/mol. The molecule has 1 fully saturated rings. The van der Waals surface area contributed by atoms with Crippen LogP contribution in [0, 0.1) is 5.92 Å². The van der Waals surface area contributed by atoms with E-state index >= 15 is 0 Å². The Hall–Kier alpha value is -1.69. The Labute approximate surface area is 138 Å². The number of nitrogens with zero attached hydrogens (tertiary/aromatic N) is 3. The fraction of sp³-hybridized carbons (Fsp3) is 0.438. The number of aromatic nitrogens is 3. The van der Waals surface area contributed by atoms with Gasteiger partial charge in [0, 0.05) is 22.5 Å². The first-order chi connectivity index (χ1) is 10.6. The number of rotatable bonds is 5. The number of hydrogen-bond acceptors (Lipinski definition) is 3. The standard InChI is InChI=1S/C16H19BrN4O/c17-13-5-3-12(4-6-13)16-20-19-10-21(16)14-7-1-11(9-14)2-8-15(18)22/h3-6,10-11,14H,1-2,7-9H2,(H2,18,22)/t11-,14+/m0/s1. The fourth-order valence-electron chi connectivity index (χ4n) is 3.23. The van der Waals surface area contributed by atoms with Crippen LogP contribution in [0.2, 0.25) is 0 Å². The van der Waals surface area contributed by atoms with E-state index in [4.69, 9.17) is 5.73 Å². The molecule has 2 atom stereocenters. The smallest absolute Gasteiger partial charge is 0.217 e. The van der Waals surface area contributed by atoms with E-state index in [0.717, 1.165) is 41.5 Å². The highest BCUT2D eigenvalue weighted by Gasteiger charge is 2.27. The third kappa shape index (κ3) is 3.38. The summed E-state index contributed by atoms with van der Waals surface area (Å²) >= 11 is 3.45. The van der Waals surface area contributed by atoms with E-state index in [1.54, 1.807) is 0 Å². The predicted molar refractivity (Wildman–Crippen MR) is 88.0 cm³/mol. The minimum atomic E-state index is -0.205. The minimum Gasteiger partial charge on any atom is -0.370 e. The van der Waals surface area contributed by atoms with Crippen LogP contribution in [0.25, 0.3) is 11.4 Å². The van der Waals surface area contributed by atoms with Crippen molar-refractivity contribution in [1.29, 1.82) is 0 Å². The van der Waals surface area contributed by atoms with E-state index in [2.05, 4.69) is 30.7 Å². The molecule has 0 bridgehead atoms. The van der Waals surface area contributed by atoms with Crippen LogP contribution in [0.5, 0.6) is 0 Å². The zero-order chi connectivity index (χ0) is 15.5. The molecule has 22 heavy (non-hydrogen) atoms. The molecule has 5 nitrogen and oxygen atoms in total. The van der Waals surface area contributed by atoms with E-state index in [0.29, 0.717) is 18.4 Å². The molecule has 2 N–H and O–H groups in total. The second-order valence-electron chi connectivity index (χ2n) is 5.91. The van der Waals surface area contributed by atoms with E-state index in [1.165, 1.54) is 0 Å². The van der Waals surface area contributed by atoms with E-state index in [9.17, 15) is 4.79 Å². The SMILES string of the molecule is NC(=O)CC[C@@H]1CC[C@@H](n2cnnc2-c2ccc(Br)cc2)C1. The number of carbonyl (C=O) groups is 1. The van der Waals surface area contributed by atoms with Crippen molar-refractivity contribution in [3.8, 4) is 11.4 Å². The van der Waals surface area contributed by atoms with E-state index in [1.807, 2.05) is 30.6 Å². The summed E-state index contributed by atoms with van der Waals surface area (Å²) in [4.78, 5) is 10.9. The van der Waals surface area contributed by atoms with Crippen LogP contribution >= 0.6 is 15.9 Å². The lowest BCUT2D eigenvalue weighted by molar-refractivity contribution is -0.118. The number of hydrogen-bond donors (Lipinski definition) is 1. The van der Waals surface area contributed by atoms with Gasteiger partial charge in [0.15, 0.2) is 5.82 Å². The van der Waals surface area contributed by atoms with E-state index in [-0.39, 0.29) is 5.91 Å². The third-order valence-corrected chi connectivity index (χ3v) is 4.91. The molecule has 0 unspecified atom stereocenters. The molecule has 0 aliphatic heterocycles. The topological polar surface area (TPSA) is 73.8 Å². The predicted octanol–water partition coefficient (Wildman–Crippen LogP) is 3.31. The maximum absolute atomic E-state index is 10.9. The van der Waals surface area contributed by atoms with E-state index < -0.39 is 0 Å². The van der Waals surface area contributed by atoms with Crippen LogP contribution in [0.15, 0.2) is 35.1 Å². The van der Waals surface area contributed by atoms with Crippen LogP contribution in [0.3, 0.4) is 0 Å². The lowest BCUT2D eigenvalue weighted by Gasteiger charge is -2.15. The van der Waals surface area contributed by atoms with Gasteiger partial charge in [-0.25, -0.2) is 0 Å². The van der Waals surface area contributed by atoms with Gasteiger partial charge in [-0.05, 0) is 43.7 Å². The minimum absolute atomic E-state index is 0.205. The van der Waals surface area contributed by atoms with Gasteiger partial charge in [0.1, 0.15) is 6.33 Å². The number of amides is 1. The summed E-state index contributed by atoms with van der Waals surface area (Å²) in [6.45, 7) is 0. The quantitative estimate of drug-likeness (QED) is 0.886. The van der Waals surface area contributed by atoms with Gasteiger partial charge < -0.3 is 10.3 Å². The summed E-state index contributed by atoms with van der Waals surface area (Å²) < 4.78 is 3.22. The maximum atomic E-state index is 10.9. The maximum Gasteiger partial charge on any atom is 0.217 e. The van der Waals surface area contributed by atoms with Crippen LogP contribution in [-0.4, -0.2) is 20.7 Å². The molecule has 2 aromatic rings. The Morgan fingerprint density at radius 3 is 2.82 bits per heavy atom. The van der Waals surface area contributed by atoms with Crippen LogP contribution < -0.4 is 5.73 Å². The monoisotopic (exact) mass is 362 g/mol. The van der Waals surface area contributed by atoms with Crippen molar-refractivity contribution >= 4 is 21.8 Å². The first-order valence-corrected chi connectivity index (χ1v) is 8.36. The summed E-state index contributed by atoms with van der Waals surface area (Å²) in [5, 5.41) is 8.38. The average Bonchev–Trinajstić information content (AvgIpc) is 3.14. The normalized spacial score (nSPS) is 21.1. The molecule has 1 saturated carbocycles. The molecule has 1 aliphatic carbocycles. The molecule has 1 aromatic heterocycles. The van der Waals surface area contributed by atoms with Gasteiger partial charge in [0.25, 0.3) is 0 Å². The van der Waals surface area contributed by atoms with Gasteiger partial charge in [-0.2, -0.15) is 0 Å². The molecule has 6 heteroatoms. The van der Waals surface area contributed by atoms with Gasteiger partial charge >= 0.3 is 0 Å². The number of nitrogens with two attached hydrogens (primary N) is 1. The first kappa shape index (κ1) is 15.2. The summed E-state index contributed by atoms with van der Waals surface area (Å²) in [6, 6.07) is 8.53. The van der Waals surface area contributed by atoms with Gasteiger partial charge in [-0.1, -0.05) is 28.1 Å².